The number of furan rings is 1. The number of carbonyl (C=O) groups excluding carboxylic acids is 1. The van der Waals surface area contributed by atoms with Crippen molar-refractivity contribution in [2.24, 2.45) is 0 Å². The summed E-state index contributed by atoms with van der Waals surface area (Å²) in [6.07, 6.45) is 1.70. The van der Waals surface area contributed by atoms with E-state index in [-0.39, 0.29) is 11.5 Å². The fourth-order valence-corrected chi connectivity index (χ4v) is 3.16. The van der Waals surface area contributed by atoms with Crippen LogP contribution in [0.3, 0.4) is 0 Å². The minimum Gasteiger partial charge on any atom is -0.454 e. The molecule has 0 N–H and O–H groups in total. The molecule has 0 atom stereocenters. The molecule has 2 aromatic rings. The van der Waals surface area contributed by atoms with E-state index in [9.17, 15) is 9.59 Å². The van der Waals surface area contributed by atoms with Crippen molar-refractivity contribution in [3.63, 3.8) is 0 Å². The summed E-state index contributed by atoms with van der Waals surface area (Å²) in [5, 5.41) is 0. The normalized spacial score (nSPS) is 15.1. The third-order valence-corrected chi connectivity index (χ3v) is 4.34. The van der Waals surface area contributed by atoms with E-state index in [4.69, 9.17) is 4.42 Å². The minimum atomic E-state index is -0.0881. The summed E-state index contributed by atoms with van der Waals surface area (Å²) >= 11 is 1.86. The Morgan fingerprint density at radius 1 is 1.19 bits per heavy atom. The molecular weight excluding hydrogens is 288 g/mol. The lowest BCUT2D eigenvalue weighted by Gasteiger charge is -2.25. The number of carbonyl (C=O) groups is 1. The Bertz CT molecular complexity index is 686. The fraction of sp³-hybridized carbons (Fsp3) is 0.333. The van der Waals surface area contributed by atoms with E-state index in [1.54, 1.807) is 35.0 Å². The molecule has 1 fully saturated rings. The van der Waals surface area contributed by atoms with Crippen molar-refractivity contribution in [2.75, 3.05) is 24.6 Å². The van der Waals surface area contributed by atoms with Gasteiger partial charge in [0.15, 0.2) is 5.76 Å². The number of hydrogen-bond donors (Lipinski definition) is 0. The Balaban J connectivity index is 1.72. The van der Waals surface area contributed by atoms with Gasteiger partial charge in [0, 0.05) is 36.9 Å². The number of aromatic nitrogens is 1. The van der Waals surface area contributed by atoms with Crippen LogP contribution < -0.4 is 5.56 Å². The first kappa shape index (κ1) is 14.0. The average molecular weight is 304 g/mol. The van der Waals surface area contributed by atoms with E-state index in [1.807, 2.05) is 16.7 Å². The van der Waals surface area contributed by atoms with Gasteiger partial charge in [-0.15, -0.1) is 0 Å². The molecule has 3 rings (SSSR count). The Hall–Kier alpha value is -1.95. The van der Waals surface area contributed by atoms with Gasteiger partial charge in [-0.25, -0.2) is 0 Å². The van der Waals surface area contributed by atoms with Gasteiger partial charge < -0.3 is 13.9 Å². The Labute approximate surface area is 126 Å². The summed E-state index contributed by atoms with van der Waals surface area (Å²) in [5.41, 5.74) is -0.0881. The first-order valence-electron chi connectivity index (χ1n) is 6.85. The van der Waals surface area contributed by atoms with E-state index in [2.05, 4.69) is 0 Å². The van der Waals surface area contributed by atoms with Gasteiger partial charge in [0.2, 0.25) is 0 Å². The molecule has 110 valence electrons. The number of amides is 1. The molecule has 21 heavy (non-hydrogen) atoms. The highest BCUT2D eigenvalue weighted by Gasteiger charge is 2.21. The van der Waals surface area contributed by atoms with Crippen molar-refractivity contribution in [1.29, 1.82) is 0 Å². The third-order valence-electron chi connectivity index (χ3n) is 3.40. The van der Waals surface area contributed by atoms with E-state index in [1.165, 1.54) is 6.07 Å². The van der Waals surface area contributed by atoms with Crippen molar-refractivity contribution in [1.82, 2.24) is 9.47 Å². The fourth-order valence-electron chi connectivity index (χ4n) is 2.26. The molecule has 1 saturated heterocycles. The third kappa shape index (κ3) is 3.21. The maximum absolute atomic E-state index is 12.3. The lowest BCUT2D eigenvalue weighted by Crippen LogP contribution is -2.37. The van der Waals surface area contributed by atoms with Gasteiger partial charge in [-0.3, -0.25) is 9.59 Å². The molecule has 1 aliphatic rings. The minimum absolute atomic E-state index is 0.0676. The predicted octanol–water partition coefficient (Wildman–Crippen LogP) is 1.68. The van der Waals surface area contributed by atoms with Gasteiger partial charge in [0.25, 0.3) is 11.5 Å². The van der Waals surface area contributed by atoms with Crippen LogP contribution in [0.1, 0.15) is 16.3 Å². The maximum Gasteiger partial charge on any atom is 0.289 e. The zero-order valence-corrected chi connectivity index (χ0v) is 12.3. The van der Waals surface area contributed by atoms with Crippen LogP contribution in [-0.4, -0.2) is 40.0 Å². The van der Waals surface area contributed by atoms with Gasteiger partial charge in [-0.2, -0.15) is 11.8 Å². The van der Waals surface area contributed by atoms with Gasteiger partial charge in [0.1, 0.15) is 5.76 Å². The molecule has 0 radical (unpaired) electrons. The molecule has 0 spiro atoms. The highest BCUT2D eigenvalue weighted by molar-refractivity contribution is 7.99. The van der Waals surface area contributed by atoms with Crippen molar-refractivity contribution in [2.45, 2.75) is 6.54 Å². The average Bonchev–Trinajstić information content (AvgIpc) is 2.98. The van der Waals surface area contributed by atoms with E-state index >= 15 is 0 Å². The first-order chi connectivity index (χ1) is 10.2. The molecule has 0 unspecified atom stereocenters. The quantitative estimate of drug-likeness (QED) is 0.866. The zero-order chi connectivity index (χ0) is 14.7. The van der Waals surface area contributed by atoms with Gasteiger partial charge >= 0.3 is 0 Å². The van der Waals surface area contributed by atoms with Gasteiger partial charge in [-0.1, -0.05) is 6.07 Å². The van der Waals surface area contributed by atoms with Crippen molar-refractivity contribution >= 4 is 17.7 Å². The second-order valence-corrected chi connectivity index (χ2v) is 6.06. The van der Waals surface area contributed by atoms with Gasteiger partial charge in [0.05, 0.1) is 6.54 Å². The molecule has 3 heterocycles. The number of thioether (sulfide) groups is 1. The lowest BCUT2D eigenvalue weighted by atomic mass is 10.3. The number of pyridine rings is 1. The van der Waals surface area contributed by atoms with Gasteiger partial charge in [-0.05, 0) is 18.2 Å². The van der Waals surface area contributed by atoms with Crippen LogP contribution in [0.4, 0.5) is 0 Å². The molecule has 1 aliphatic heterocycles. The number of rotatable bonds is 3. The second-order valence-electron chi connectivity index (χ2n) is 4.84. The standard InChI is InChI=1S/C15H16N2O3S/c18-14-3-1-2-6-17(14)11-12-4-5-13(20-12)15(19)16-7-9-21-10-8-16/h1-6H,7-11H2. The second kappa shape index (κ2) is 6.22. The predicted molar refractivity (Wildman–Crippen MR) is 81.7 cm³/mol. The molecule has 1 amide bonds. The number of nitrogens with zero attached hydrogens (tertiary/aromatic N) is 2. The van der Waals surface area contributed by atoms with Crippen molar-refractivity contribution in [3.8, 4) is 0 Å². The molecule has 0 bridgehead atoms. The summed E-state index contributed by atoms with van der Waals surface area (Å²) < 4.78 is 7.15. The first-order valence-corrected chi connectivity index (χ1v) is 8.01. The molecular formula is C15H16N2O3S. The van der Waals surface area contributed by atoms with Crippen LogP contribution in [0.2, 0.25) is 0 Å². The van der Waals surface area contributed by atoms with Crippen molar-refractivity contribution < 1.29 is 9.21 Å². The molecule has 2 aromatic heterocycles. The highest BCUT2D eigenvalue weighted by atomic mass is 32.2. The lowest BCUT2D eigenvalue weighted by molar-refractivity contribution is 0.0738. The van der Waals surface area contributed by atoms with E-state index in [0.717, 1.165) is 24.6 Å². The van der Waals surface area contributed by atoms with E-state index < -0.39 is 0 Å². The largest absolute Gasteiger partial charge is 0.454 e. The Morgan fingerprint density at radius 3 is 2.76 bits per heavy atom. The Kier molecular flexibility index (Phi) is 4.15. The van der Waals surface area contributed by atoms with Crippen LogP contribution in [0.5, 0.6) is 0 Å². The molecule has 0 aromatic carbocycles. The van der Waals surface area contributed by atoms with Crippen molar-refractivity contribution in [3.05, 3.63) is 58.4 Å². The summed E-state index contributed by atoms with van der Waals surface area (Å²) in [7, 11) is 0. The molecule has 5 nitrogen and oxygen atoms in total. The summed E-state index contributed by atoms with van der Waals surface area (Å²) in [4.78, 5) is 25.8. The van der Waals surface area contributed by atoms with Crippen LogP contribution in [0.25, 0.3) is 0 Å². The van der Waals surface area contributed by atoms with Crippen LogP contribution in [0, 0.1) is 0 Å². The molecule has 0 aliphatic carbocycles. The molecule has 6 heteroatoms. The zero-order valence-electron chi connectivity index (χ0n) is 11.5. The van der Waals surface area contributed by atoms with E-state index in [0.29, 0.717) is 18.1 Å². The van der Waals surface area contributed by atoms with Crippen LogP contribution in [0.15, 0.2) is 45.7 Å². The topological polar surface area (TPSA) is 55.5 Å². The summed E-state index contributed by atoms with van der Waals surface area (Å²) in [6, 6.07) is 8.44. The summed E-state index contributed by atoms with van der Waals surface area (Å²) in [5.74, 6) is 2.83. The van der Waals surface area contributed by atoms with Crippen LogP contribution in [-0.2, 0) is 6.54 Å². The SMILES string of the molecule is O=C(c1ccc(Cn2ccccc2=O)o1)N1CCSCC1. The summed E-state index contributed by atoms with van der Waals surface area (Å²) in [6.45, 7) is 1.86. The molecule has 0 saturated carbocycles. The maximum atomic E-state index is 12.3. The smallest absolute Gasteiger partial charge is 0.289 e. The highest BCUT2D eigenvalue weighted by Crippen LogP contribution is 2.15. The number of hydrogen-bond acceptors (Lipinski definition) is 4. The monoisotopic (exact) mass is 304 g/mol. The van der Waals surface area contributed by atoms with Crippen LogP contribution >= 0.6 is 11.8 Å². The Morgan fingerprint density at radius 2 is 2.00 bits per heavy atom.